The molecule has 0 N–H and O–H groups in total. The Balaban J connectivity index is 3.34. The number of hydrogen-bond acceptors (Lipinski definition) is 5. The number of rotatable bonds is 12. The lowest BCUT2D eigenvalue weighted by atomic mass is 10.1. The smallest absolute Gasteiger partial charge is 0.299 e. The van der Waals surface area contributed by atoms with Crippen molar-refractivity contribution in [3.8, 4) is 0 Å². The molecule has 0 aromatic rings. The number of Topliss-reactive ketones (excluding diaryl/α,β-unsaturated/α-hetero) is 1. The third-order valence-corrected chi connectivity index (χ3v) is 3.11. The number of ketones is 1. The topological polar surface area (TPSA) is 69.7 Å². The normalized spacial score (nSPS) is 10.2. The van der Waals surface area contributed by atoms with Crippen LogP contribution in [0.5, 0.6) is 0 Å². The minimum atomic E-state index is -0.831. The summed E-state index contributed by atoms with van der Waals surface area (Å²) in [7, 11) is 0. The molecule has 0 amide bonds. The maximum absolute atomic E-state index is 11.3. The second-order valence-corrected chi connectivity index (χ2v) is 5.37. The van der Waals surface area contributed by atoms with Crippen molar-refractivity contribution in [2.45, 2.75) is 84.5 Å². The minimum Gasteiger partial charge on any atom is -0.299 e. The molecular formula is C16H28O5. The molecule has 0 atom stereocenters. The van der Waals surface area contributed by atoms with E-state index in [1.807, 2.05) is 0 Å². The molecular weight excluding hydrogens is 272 g/mol. The predicted molar refractivity (Wildman–Crippen MR) is 79.3 cm³/mol. The van der Waals surface area contributed by atoms with Gasteiger partial charge in [-0.2, -0.15) is 0 Å². The van der Waals surface area contributed by atoms with Crippen LogP contribution in [0.4, 0.5) is 0 Å². The first-order valence-corrected chi connectivity index (χ1v) is 7.96. The van der Waals surface area contributed by atoms with Crippen molar-refractivity contribution >= 4 is 17.7 Å². The first-order valence-electron chi connectivity index (χ1n) is 7.96. The SMILES string of the molecule is CCCCCCCCCCCC(=O)OOC(=O)CC(C)=O. The Morgan fingerprint density at radius 1 is 0.714 bits per heavy atom. The number of carbonyl (C=O) groups is 3. The quantitative estimate of drug-likeness (QED) is 0.237. The molecule has 0 saturated carbocycles. The second-order valence-electron chi connectivity index (χ2n) is 5.37. The van der Waals surface area contributed by atoms with Gasteiger partial charge >= 0.3 is 11.9 Å². The van der Waals surface area contributed by atoms with Gasteiger partial charge in [0.15, 0.2) is 0 Å². The lowest BCUT2D eigenvalue weighted by molar-refractivity contribution is -0.258. The lowest BCUT2D eigenvalue weighted by Crippen LogP contribution is -2.13. The average molecular weight is 300 g/mol. The van der Waals surface area contributed by atoms with Gasteiger partial charge < -0.3 is 0 Å². The number of unbranched alkanes of at least 4 members (excludes halogenated alkanes) is 8. The van der Waals surface area contributed by atoms with Crippen molar-refractivity contribution in [1.29, 1.82) is 0 Å². The van der Waals surface area contributed by atoms with E-state index in [9.17, 15) is 14.4 Å². The largest absolute Gasteiger partial charge is 0.362 e. The maximum atomic E-state index is 11.3. The monoisotopic (exact) mass is 300 g/mol. The van der Waals surface area contributed by atoms with Crippen LogP contribution >= 0.6 is 0 Å². The molecule has 0 bridgehead atoms. The highest BCUT2D eigenvalue weighted by Gasteiger charge is 2.11. The highest BCUT2D eigenvalue weighted by Crippen LogP contribution is 2.10. The van der Waals surface area contributed by atoms with Crippen LogP contribution in [0.2, 0.25) is 0 Å². The maximum Gasteiger partial charge on any atom is 0.362 e. The Morgan fingerprint density at radius 3 is 1.71 bits per heavy atom. The Bertz CT molecular complexity index is 312. The molecule has 0 heterocycles. The molecule has 0 fully saturated rings. The molecule has 0 aliphatic rings. The van der Waals surface area contributed by atoms with Crippen LogP contribution in [0.1, 0.15) is 84.5 Å². The summed E-state index contributed by atoms with van der Waals surface area (Å²) in [5.41, 5.74) is 0. The fraction of sp³-hybridized carbons (Fsp3) is 0.812. The predicted octanol–water partition coefficient (Wildman–Crippen LogP) is 3.89. The molecule has 21 heavy (non-hydrogen) atoms. The third-order valence-electron chi connectivity index (χ3n) is 3.11. The van der Waals surface area contributed by atoms with Crippen molar-refractivity contribution in [3.05, 3.63) is 0 Å². The van der Waals surface area contributed by atoms with Crippen LogP contribution in [0, 0.1) is 0 Å². The van der Waals surface area contributed by atoms with Gasteiger partial charge in [-0.1, -0.05) is 58.3 Å². The van der Waals surface area contributed by atoms with Gasteiger partial charge in [-0.3, -0.25) is 4.79 Å². The zero-order valence-electron chi connectivity index (χ0n) is 13.3. The standard InChI is InChI=1S/C16H28O5/c1-3-4-5-6-7-8-9-10-11-12-15(18)20-21-16(19)13-14(2)17/h3-13H2,1-2H3. The second kappa shape index (κ2) is 13.6. The van der Waals surface area contributed by atoms with Crippen LogP contribution in [0.25, 0.3) is 0 Å². The first-order chi connectivity index (χ1) is 10.1. The van der Waals surface area contributed by atoms with E-state index in [1.54, 1.807) is 0 Å². The molecule has 0 radical (unpaired) electrons. The van der Waals surface area contributed by atoms with Crippen LogP contribution in [-0.2, 0) is 24.2 Å². The van der Waals surface area contributed by atoms with E-state index in [0.29, 0.717) is 0 Å². The van der Waals surface area contributed by atoms with Crippen molar-refractivity contribution in [1.82, 2.24) is 0 Å². The summed E-state index contributed by atoms with van der Waals surface area (Å²) < 4.78 is 0. The van der Waals surface area contributed by atoms with E-state index in [1.165, 1.54) is 45.4 Å². The molecule has 0 spiro atoms. The first kappa shape index (κ1) is 19.6. The Hall–Kier alpha value is -1.39. The zero-order valence-corrected chi connectivity index (χ0v) is 13.3. The summed E-state index contributed by atoms with van der Waals surface area (Å²) in [5, 5.41) is 0. The fourth-order valence-corrected chi connectivity index (χ4v) is 1.95. The van der Waals surface area contributed by atoms with Gasteiger partial charge in [-0.25, -0.2) is 19.4 Å². The van der Waals surface area contributed by atoms with Crippen LogP contribution in [0.15, 0.2) is 0 Å². The van der Waals surface area contributed by atoms with E-state index in [4.69, 9.17) is 0 Å². The van der Waals surface area contributed by atoms with Crippen LogP contribution < -0.4 is 0 Å². The van der Waals surface area contributed by atoms with Gasteiger partial charge in [0.1, 0.15) is 12.2 Å². The van der Waals surface area contributed by atoms with Crippen LogP contribution in [-0.4, -0.2) is 17.7 Å². The third kappa shape index (κ3) is 14.8. The molecule has 0 aliphatic heterocycles. The molecule has 0 saturated heterocycles. The van der Waals surface area contributed by atoms with Gasteiger partial charge in [0.05, 0.1) is 6.42 Å². The Kier molecular flexibility index (Phi) is 12.7. The van der Waals surface area contributed by atoms with Gasteiger partial charge in [0.2, 0.25) is 0 Å². The summed E-state index contributed by atoms with van der Waals surface area (Å²) in [6.45, 7) is 3.47. The molecule has 0 aliphatic carbocycles. The van der Waals surface area contributed by atoms with Gasteiger partial charge in [0, 0.05) is 0 Å². The van der Waals surface area contributed by atoms with E-state index in [-0.39, 0.29) is 18.6 Å². The molecule has 5 heteroatoms. The van der Waals surface area contributed by atoms with Crippen molar-refractivity contribution in [3.63, 3.8) is 0 Å². The molecule has 0 aromatic carbocycles. The van der Waals surface area contributed by atoms with E-state index >= 15 is 0 Å². The fourth-order valence-electron chi connectivity index (χ4n) is 1.95. The molecule has 122 valence electrons. The van der Waals surface area contributed by atoms with Gasteiger partial charge in [0.25, 0.3) is 0 Å². The number of carbonyl (C=O) groups excluding carboxylic acids is 3. The van der Waals surface area contributed by atoms with Crippen molar-refractivity contribution in [2.24, 2.45) is 0 Å². The highest BCUT2D eigenvalue weighted by atomic mass is 17.2. The summed E-state index contributed by atoms with van der Waals surface area (Å²) >= 11 is 0. The number of hydrogen-bond donors (Lipinski definition) is 0. The molecule has 0 aromatic heterocycles. The lowest BCUT2D eigenvalue weighted by Gasteiger charge is -2.03. The zero-order chi connectivity index (χ0) is 15.9. The van der Waals surface area contributed by atoms with Crippen molar-refractivity contribution < 1.29 is 24.2 Å². The van der Waals surface area contributed by atoms with Crippen molar-refractivity contribution in [2.75, 3.05) is 0 Å². The van der Waals surface area contributed by atoms with Gasteiger partial charge in [-0.15, -0.1) is 0 Å². The molecule has 5 nitrogen and oxygen atoms in total. The summed E-state index contributed by atoms with van der Waals surface area (Å²) in [4.78, 5) is 41.4. The summed E-state index contributed by atoms with van der Waals surface area (Å²) in [5.74, 6) is -1.72. The Morgan fingerprint density at radius 2 is 1.19 bits per heavy atom. The molecule has 0 unspecified atom stereocenters. The minimum absolute atomic E-state index is 0.239. The van der Waals surface area contributed by atoms with E-state index in [0.717, 1.165) is 19.3 Å². The highest BCUT2D eigenvalue weighted by molar-refractivity contribution is 5.94. The summed E-state index contributed by atoms with van der Waals surface area (Å²) in [6, 6.07) is 0. The van der Waals surface area contributed by atoms with Gasteiger partial charge in [-0.05, 0) is 13.3 Å². The molecule has 0 rings (SSSR count). The van der Waals surface area contributed by atoms with E-state index in [2.05, 4.69) is 16.7 Å². The average Bonchev–Trinajstić information content (AvgIpc) is 2.42. The summed E-state index contributed by atoms with van der Waals surface area (Å²) in [6.07, 6.45) is 10.3. The van der Waals surface area contributed by atoms with Crippen LogP contribution in [0.3, 0.4) is 0 Å². The Labute approximate surface area is 127 Å². The van der Waals surface area contributed by atoms with E-state index < -0.39 is 11.9 Å².